The number of hydrogen-bond acceptors (Lipinski definition) is 8. The third-order valence-corrected chi connectivity index (χ3v) is 5.79. The van der Waals surface area contributed by atoms with Crippen LogP contribution in [-0.4, -0.2) is 104 Å². The average Bonchev–Trinajstić information content (AvgIpc) is 3.05. The summed E-state index contributed by atoms with van der Waals surface area (Å²) in [4.78, 5) is 39.0. The van der Waals surface area contributed by atoms with Gasteiger partial charge in [0.15, 0.2) is 0 Å². The second-order valence-electron chi connectivity index (χ2n) is 7.72. The molecule has 1 aliphatic heterocycles. The number of carboxylic acid groups (broad SMARTS) is 1. The van der Waals surface area contributed by atoms with E-state index in [1.165, 1.54) is 0 Å². The Morgan fingerprint density at radius 1 is 1.23 bits per heavy atom. The van der Waals surface area contributed by atoms with Crippen LogP contribution in [0.15, 0.2) is 0 Å². The highest BCUT2D eigenvalue weighted by molar-refractivity contribution is 7.85. The van der Waals surface area contributed by atoms with Crippen LogP contribution in [0.1, 0.15) is 38.5 Å². The molecule has 0 aromatic heterocycles. The lowest BCUT2D eigenvalue weighted by molar-refractivity contribution is -0.137. The van der Waals surface area contributed by atoms with E-state index in [1.54, 1.807) is 7.05 Å². The lowest BCUT2D eigenvalue weighted by atomic mass is 10.2. The summed E-state index contributed by atoms with van der Waals surface area (Å²) in [6.45, 7) is 2.16. The van der Waals surface area contributed by atoms with Crippen molar-refractivity contribution in [2.24, 2.45) is 0 Å². The maximum atomic E-state index is 12.4. The zero-order chi connectivity index (χ0) is 22.7. The van der Waals surface area contributed by atoms with Crippen molar-refractivity contribution in [1.29, 1.82) is 0 Å². The maximum absolute atomic E-state index is 12.4. The summed E-state index contributed by atoms with van der Waals surface area (Å²) >= 11 is 0. The first kappa shape index (κ1) is 26.3. The zero-order valence-electron chi connectivity index (χ0n) is 17.6. The van der Waals surface area contributed by atoms with Crippen LogP contribution in [0, 0.1) is 0 Å². The molecule has 30 heavy (non-hydrogen) atoms. The van der Waals surface area contributed by atoms with E-state index >= 15 is 0 Å². The van der Waals surface area contributed by atoms with Crippen LogP contribution in [0.25, 0.3) is 0 Å². The number of nitrogens with zero attached hydrogens (tertiary/aromatic N) is 2. The molecule has 2 unspecified atom stereocenters. The van der Waals surface area contributed by atoms with Crippen LogP contribution < -0.4 is 10.6 Å². The van der Waals surface area contributed by atoms with Gasteiger partial charge < -0.3 is 25.2 Å². The molecule has 2 amide bonds. The van der Waals surface area contributed by atoms with Crippen LogP contribution >= 0.6 is 0 Å². The van der Waals surface area contributed by atoms with Crippen LogP contribution in [0.4, 0.5) is 0 Å². The topological polar surface area (TPSA) is 159 Å². The molecule has 1 heterocycles. The Kier molecular flexibility index (Phi) is 11.2. The van der Waals surface area contributed by atoms with Crippen molar-refractivity contribution >= 4 is 27.9 Å². The Balaban J connectivity index is 2.43. The number of amides is 2. The molecule has 0 saturated carbocycles. The number of likely N-dealkylation sites (tertiary alicyclic amines) is 1. The minimum Gasteiger partial charge on any atom is -0.748 e. The average molecular weight is 450 g/mol. The second-order valence-corrected chi connectivity index (χ2v) is 9.17. The molecule has 11 nitrogen and oxygen atoms in total. The van der Waals surface area contributed by atoms with Crippen molar-refractivity contribution in [1.82, 2.24) is 20.4 Å². The van der Waals surface area contributed by atoms with Gasteiger partial charge in [-0.15, -0.1) is 0 Å². The van der Waals surface area contributed by atoms with E-state index in [1.807, 2.05) is 16.8 Å². The number of aliphatic carboxylic acids is 1. The predicted octanol–water partition coefficient (Wildman–Crippen LogP) is -1.20. The van der Waals surface area contributed by atoms with Gasteiger partial charge in [0.25, 0.3) is 0 Å². The van der Waals surface area contributed by atoms with Gasteiger partial charge in [0.05, 0.1) is 21.9 Å². The number of carboxylic acids is 1. The smallest absolute Gasteiger partial charge is 0.303 e. The van der Waals surface area contributed by atoms with Crippen molar-refractivity contribution in [3.63, 3.8) is 0 Å². The minimum absolute atomic E-state index is 0.145. The minimum atomic E-state index is -4.71. The summed E-state index contributed by atoms with van der Waals surface area (Å²) in [5, 5.41) is 13.6. The molecule has 2 atom stereocenters. The summed E-state index contributed by atoms with van der Waals surface area (Å²) in [5.41, 5.74) is 0. The standard InChI is InChI=1S/C18H34N4O7S/c1-21(10-5-3-4-8-16(23)24)12-9-19-17(25)14(13-30(27,28)29)20-18(26)15-7-6-11-22(15)2/h14-15H,3-13H2,1-2H3,(H,19,25)(H,20,26)(H,23,24)(H,27,28,29)/p-1. The summed E-state index contributed by atoms with van der Waals surface area (Å²) < 4.78 is 33.5. The molecule has 0 spiro atoms. The first-order valence-electron chi connectivity index (χ1n) is 10.1. The number of rotatable bonds is 14. The van der Waals surface area contributed by atoms with Gasteiger partial charge in [0.2, 0.25) is 11.8 Å². The summed E-state index contributed by atoms with van der Waals surface area (Å²) in [7, 11) is -1.09. The van der Waals surface area contributed by atoms with Gasteiger partial charge in [0.1, 0.15) is 6.04 Å². The van der Waals surface area contributed by atoms with Gasteiger partial charge in [-0.05, 0) is 52.9 Å². The molecule has 0 aromatic rings. The lowest BCUT2D eigenvalue weighted by Crippen LogP contribution is -2.54. The fraction of sp³-hybridized carbons (Fsp3) is 0.833. The van der Waals surface area contributed by atoms with Gasteiger partial charge in [-0.25, -0.2) is 8.42 Å². The SMILES string of the molecule is CN(CCCCCC(=O)O)CCNC(=O)C(CS(=O)(=O)[O-])NC(=O)C1CCCN1C. The highest BCUT2D eigenvalue weighted by Crippen LogP contribution is 2.14. The van der Waals surface area contributed by atoms with E-state index in [-0.39, 0.29) is 13.0 Å². The van der Waals surface area contributed by atoms with Gasteiger partial charge in [-0.2, -0.15) is 0 Å². The predicted molar refractivity (Wildman–Crippen MR) is 109 cm³/mol. The summed E-state index contributed by atoms with van der Waals surface area (Å²) in [6.07, 6.45) is 3.80. The zero-order valence-corrected chi connectivity index (χ0v) is 18.4. The molecule has 0 radical (unpaired) electrons. The molecule has 0 bridgehead atoms. The molecule has 0 aromatic carbocycles. The molecule has 1 saturated heterocycles. The Bertz CT molecular complexity index is 686. The summed E-state index contributed by atoms with van der Waals surface area (Å²) in [5.74, 6) is -2.98. The van der Waals surface area contributed by atoms with E-state index < -0.39 is 45.7 Å². The van der Waals surface area contributed by atoms with E-state index in [9.17, 15) is 27.4 Å². The normalized spacial score (nSPS) is 18.3. The van der Waals surface area contributed by atoms with Crippen LogP contribution in [0.3, 0.4) is 0 Å². The van der Waals surface area contributed by atoms with Gasteiger partial charge in [-0.1, -0.05) is 6.42 Å². The molecule has 174 valence electrons. The molecular weight excluding hydrogens is 416 g/mol. The highest BCUT2D eigenvalue weighted by atomic mass is 32.2. The van der Waals surface area contributed by atoms with Crippen LogP contribution in [0.5, 0.6) is 0 Å². The van der Waals surface area contributed by atoms with Crippen molar-refractivity contribution in [3.8, 4) is 0 Å². The molecule has 3 N–H and O–H groups in total. The van der Waals surface area contributed by atoms with Crippen molar-refractivity contribution in [2.75, 3.05) is 46.0 Å². The first-order chi connectivity index (χ1) is 14.0. The van der Waals surface area contributed by atoms with Crippen LogP contribution in [-0.2, 0) is 24.5 Å². The number of likely N-dealkylation sites (N-methyl/N-ethyl adjacent to an activating group) is 2. The van der Waals surface area contributed by atoms with Crippen molar-refractivity contribution < 1.29 is 32.5 Å². The first-order valence-corrected chi connectivity index (χ1v) is 11.7. The number of carbonyl (C=O) groups excluding carboxylic acids is 2. The van der Waals surface area contributed by atoms with Crippen LogP contribution in [0.2, 0.25) is 0 Å². The van der Waals surface area contributed by atoms with Gasteiger partial charge in [0, 0.05) is 19.5 Å². The van der Waals surface area contributed by atoms with E-state index in [2.05, 4.69) is 10.6 Å². The third kappa shape index (κ3) is 10.9. The summed E-state index contributed by atoms with van der Waals surface area (Å²) in [6, 6.07) is -1.88. The Morgan fingerprint density at radius 2 is 1.93 bits per heavy atom. The monoisotopic (exact) mass is 449 g/mol. The maximum Gasteiger partial charge on any atom is 0.303 e. The fourth-order valence-electron chi connectivity index (χ4n) is 3.34. The molecule has 1 fully saturated rings. The van der Waals surface area contributed by atoms with Crippen molar-refractivity contribution in [3.05, 3.63) is 0 Å². The number of carbonyl (C=O) groups is 3. The molecule has 1 aliphatic rings. The molecule has 0 aliphatic carbocycles. The lowest BCUT2D eigenvalue weighted by Gasteiger charge is -2.24. The van der Waals surface area contributed by atoms with E-state index in [0.29, 0.717) is 19.4 Å². The fourth-order valence-corrected chi connectivity index (χ4v) is 3.98. The highest BCUT2D eigenvalue weighted by Gasteiger charge is 2.31. The van der Waals surface area contributed by atoms with E-state index in [4.69, 9.17) is 5.11 Å². The molecular formula is C18H33N4O7S-. The second kappa shape index (κ2) is 12.8. The number of nitrogens with one attached hydrogen (secondary N) is 2. The number of hydrogen-bond donors (Lipinski definition) is 3. The van der Waals surface area contributed by atoms with E-state index in [0.717, 1.165) is 32.4 Å². The van der Waals surface area contributed by atoms with Crippen molar-refractivity contribution in [2.45, 2.75) is 50.6 Å². The third-order valence-electron chi connectivity index (χ3n) is 5.05. The quantitative estimate of drug-likeness (QED) is 0.219. The van der Waals surface area contributed by atoms with Gasteiger partial charge >= 0.3 is 5.97 Å². The Hall–Kier alpha value is -1.76. The molecule has 1 rings (SSSR count). The molecule has 12 heteroatoms. The van der Waals surface area contributed by atoms with Gasteiger partial charge in [-0.3, -0.25) is 19.3 Å². The number of unbranched alkanes of at least 4 members (excludes halogenated alkanes) is 2. The largest absolute Gasteiger partial charge is 0.748 e. The Morgan fingerprint density at radius 3 is 2.50 bits per heavy atom. The Labute approximate surface area is 177 Å².